The first-order valence-corrected chi connectivity index (χ1v) is 7.52. The average molecular weight is 328 g/mol. The zero-order valence-electron chi connectivity index (χ0n) is 11.8. The second kappa shape index (κ2) is 6.50. The molecule has 0 spiro atoms. The highest BCUT2D eigenvalue weighted by atomic mass is 32.1. The Morgan fingerprint density at radius 2 is 2.05 bits per heavy atom. The van der Waals surface area contributed by atoms with Gasteiger partial charge < -0.3 is 11.1 Å². The molecule has 1 aromatic carbocycles. The Kier molecular flexibility index (Phi) is 4.87. The molecular formula is C15H15F3N2OS. The molecule has 0 bridgehead atoms. The normalized spacial score (nSPS) is 11.5. The van der Waals surface area contributed by atoms with Gasteiger partial charge in [-0.05, 0) is 47.2 Å². The van der Waals surface area contributed by atoms with E-state index in [9.17, 15) is 18.0 Å². The molecule has 0 aliphatic rings. The van der Waals surface area contributed by atoms with Crippen LogP contribution in [0.25, 0.3) is 0 Å². The smallest absolute Gasteiger partial charge is 0.326 e. The maximum absolute atomic E-state index is 12.9. The highest BCUT2D eigenvalue weighted by Gasteiger charge is 2.31. The number of hydrogen-bond acceptors (Lipinski definition) is 3. The molecule has 118 valence electrons. The molecule has 0 unspecified atom stereocenters. The molecule has 1 amide bonds. The zero-order valence-corrected chi connectivity index (χ0v) is 12.6. The van der Waals surface area contributed by atoms with Crippen LogP contribution in [0.3, 0.4) is 0 Å². The zero-order chi connectivity index (χ0) is 16.3. The van der Waals surface area contributed by atoms with Crippen molar-refractivity contribution in [2.24, 2.45) is 5.73 Å². The number of aryl methyl sites for hydroxylation is 1. The summed E-state index contributed by atoms with van der Waals surface area (Å²) in [5.41, 5.74) is 5.87. The predicted molar refractivity (Wildman–Crippen MR) is 81.0 cm³/mol. The molecule has 0 radical (unpaired) electrons. The van der Waals surface area contributed by atoms with Crippen molar-refractivity contribution in [1.82, 2.24) is 0 Å². The Labute approximate surface area is 130 Å². The van der Waals surface area contributed by atoms with Gasteiger partial charge in [0, 0.05) is 12.2 Å². The van der Waals surface area contributed by atoms with Gasteiger partial charge in [0.2, 0.25) is 0 Å². The standard InChI is InChI=1S/C15H15F3N2OS/c1-2-10-3-4-22-13(10)14(21)20-12-6-9(8-19)5-11(7-12)15(16,17)18/h3-7H,2,8,19H2,1H3,(H,20,21). The molecule has 0 atom stereocenters. The van der Waals surface area contributed by atoms with E-state index in [0.29, 0.717) is 16.9 Å². The van der Waals surface area contributed by atoms with Gasteiger partial charge in [-0.25, -0.2) is 0 Å². The van der Waals surface area contributed by atoms with E-state index in [2.05, 4.69) is 5.32 Å². The quantitative estimate of drug-likeness (QED) is 0.890. The van der Waals surface area contributed by atoms with Crippen LogP contribution in [0.5, 0.6) is 0 Å². The van der Waals surface area contributed by atoms with Gasteiger partial charge in [0.15, 0.2) is 0 Å². The van der Waals surface area contributed by atoms with Crippen LogP contribution < -0.4 is 11.1 Å². The van der Waals surface area contributed by atoms with Gasteiger partial charge in [0.25, 0.3) is 5.91 Å². The minimum absolute atomic E-state index is 0.0357. The molecule has 0 aliphatic heterocycles. The molecule has 0 fully saturated rings. The molecule has 3 nitrogen and oxygen atoms in total. The lowest BCUT2D eigenvalue weighted by molar-refractivity contribution is -0.137. The van der Waals surface area contributed by atoms with Crippen molar-refractivity contribution in [2.75, 3.05) is 5.32 Å². The fraction of sp³-hybridized carbons (Fsp3) is 0.267. The van der Waals surface area contributed by atoms with Crippen molar-refractivity contribution < 1.29 is 18.0 Å². The van der Waals surface area contributed by atoms with Crippen LogP contribution in [0.2, 0.25) is 0 Å². The van der Waals surface area contributed by atoms with Gasteiger partial charge in [0.1, 0.15) is 0 Å². The molecule has 1 aromatic heterocycles. The molecule has 2 aromatic rings. The monoisotopic (exact) mass is 328 g/mol. The number of halogens is 3. The van der Waals surface area contributed by atoms with Gasteiger partial charge in [-0.1, -0.05) is 6.92 Å². The summed E-state index contributed by atoms with van der Waals surface area (Å²) in [5, 5.41) is 4.31. The van der Waals surface area contributed by atoms with Gasteiger partial charge in [-0.15, -0.1) is 11.3 Å². The Morgan fingerprint density at radius 1 is 1.32 bits per heavy atom. The number of nitrogens with one attached hydrogen (secondary N) is 1. The number of hydrogen-bond donors (Lipinski definition) is 2. The highest BCUT2D eigenvalue weighted by molar-refractivity contribution is 7.12. The first-order chi connectivity index (χ1) is 10.3. The first-order valence-electron chi connectivity index (χ1n) is 6.64. The van der Waals surface area contributed by atoms with Gasteiger partial charge >= 0.3 is 6.18 Å². The van der Waals surface area contributed by atoms with E-state index in [0.717, 1.165) is 17.7 Å². The summed E-state index contributed by atoms with van der Waals surface area (Å²) in [6.45, 7) is 1.88. The topological polar surface area (TPSA) is 55.1 Å². The van der Waals surface area contributed by atoms with Crippen molar-refractivity contribution in [1.29, 1.82) is 0 Å². The van der Waals surface area contributed by atoms with Crippen LogP contribution >= 0.6 is 11.3 Å². The number of rotatable bonds is 4. The summed E-state index contributed by atoms with van der Waals surface area (Å²) in [7, 11) is 0. The second-order valence-electron chi connectivity index (χ2n) is 4.70. The Morgan fingerprint density at radius 3 is 2.64 bits per heavy atom. The van der Waals surface area contributed by atoms with Gasteiger partial charge in [-0.2, -0.15) is 13.2 Å². The predicted octanol–water partition coefficient (Wildman–Crippen LogP) is 4.04. The number of carbonyl (C=O) groups excluding carboxylic acids is 1. The SMILES string of the molecule is CCc1ccsc1C(=O)Nc1cc(CN)cc(C(F)(F)F)c1. The lowest BCUT2D eigenvalue weighted by atomic mass is 10.1. The molecular weight excluding hydrogens is 313 g/mol. The number of carbonyl (C=O) groups is 1. The van der Waals surface area contributed by atoms with E-state index in [1.807, 2.05) is 13.0 Å². The summed E-state index contributed by atoms with van der Waals surface area (Å²) in [5.74, 6) is -0.408. The molecule has 0 aliphatic carbocycles. The number of anilines is 1. The van der Waals surface area contributed by atoms with E-state index in [-0.39, 0.29) is 12.2 Å². The molecule has 0 saturated carbocycles. The van der Waals surface area contributed by atoms with Crippen LogP contribution in [0, 0.1) is 0 Å². The van der Waals surface area contributed by atoms with E-state index < -0.39 is 17.6 Å². The molecule has 2 rings (SSSR count). The van der Waals surface area contributed by atoms with Crippen molar-refractivity contribution in [2.45, 2.75) is 26.1 Å². The van der Waals surface area contributed by atoms with Crippen molar-refractivity contribution in [3.63, 3.8) is 0 Å². The lowest BCUT2D eigenvalue weighted by Gasteiger charge is -2.12. The summed E-state index contributed by atoms with van der Waals surface area (Å²) >= 11 is 1.26. The fourth-order valence-corrected chi connectivity index (χ4v) is 2.94. The number of benzene rings is 1. The number of alkyl halides is 3. The highest BCUT2D eigenvalue weighted by Crippen LogP contribution is 2.32. The third-order valence-electron chi connectivity index (χ3n) is 3.15. The third-order valence-corrected chi connectivity index (χ3v) is 4.10. The minimum Gasteiger partial charge on any atom is -0.326 e. The molecule has 3 N–H and O–H groups in total. The molecule has 1 heterocycles. The first kappa shape index (κ1) is 16.5. The Balaban J connectivity index is 2.31. The van der Waals surface area contributed by atoms with Crippen LogP contribution in [-0.2, 0) is 19.1 Å². The van der Waals surface area contributed by atoms with E-state index >= 15 is 0 Å². The van der Waals surface area contributed by atoms with Crippen LogP contribution in [-0.4, -0.2) is 5.91 Å². The van der Waals surface area contributed by atoms with Crippen LogP contribution in [0.4, 0.5) is 18.9 Å². The number of thiophene rings is 1. The Hall–Kier alpha value is -1.86. The van der Waals surface area contributed by atoms with Crippen LogP contribution in [0.1, 0.15) is 33.3 Å². The summed E-state index contributed by atoms with van der Waals surface area (Å²) in [6, 6.07) is 5.18. The van der Waals surface area contributed by atoms with Crippen molar-refractivity contribution >= 4 is 22.9 Å². The maximum Gasteiger partial charge on any atom is 0.416 e. The van der Waals surface area contributed by atoms with E-state index in [1.165, 1.54) is 17.4 Å². The largest absolute Gasteiger partial charge is 0.416 e. The second-order valence-corrected chi connectivity index (χ2v) is 5.62. The molecule has 22 heavy (non-hydrogen) atoms. The lowest BCUT2D eigenvalue weighted by Crippen LogP contribution is -2.14. The van der Waals surface area contributed by atoms with E-state index in [4.69, 9.17) is 5.73 Å². The summed E-state index contributed by atoms with van der Waals surface area (Å²) in [6.07, 6.45) is -3.80. The third kappa shape index (κ3) is 3.66. The average Bonchev–Trinajstić information content (AvgIpc) is 2.94. The van der Waals surface area contributed by atoms with E-state index in [1.54, 1.807) is 5.38 Å². The summed E-state index contributed by atoms with van der Waals surface area (Å²) < 4.78 is 38.6. The maximum atomic E-state index is 12.9. The number of amides is 1. The Bertz CT molecular complexity index is 680. The van der Waals surface area contributed by atoms with Crippen molar-refractivity contribution in [3.05, 3.63) is 51.2 Å². The number of nitrogens with two attached hydrogens (primary N) is 1. The molecule has 7 heteroatoms. The van der Waals surface area contributed by atoms with Crippen LogP contribution in [0.15, 0.2) is 29.6 Å². The summed E-state index contributed by atoms with van der Waals surface area (Å²) in [4.78, 5) is 12.7. The van der Waals surface area contributed by atoms with Gasteiger partial charge in [-0.3, -0.25) is 4.79 Å². The van der Waals surface area contributed by atoms with Gasteiger partial charge in [0.05, 0.1) is 10.4 Å². The van der Waals surface area contributed by atoms with Crippen molar-refractivity contribution in [3.8, 4) is 0 Å². The molecule has 0 saturated heterocycles. The fourth-order valence-electron chi connectivity index (χ4n) is 2.05. The minimum atomic E-state index is -4.48.